The summed E-state index contributed by atoms with van der Waals surface area (Å²) in [7, 11) is 3.93. The number of aliphatic imine (C=N–C) groups is 1. The van der Waals surface area contributed by atoms with E-state index in [2.05, 4.69) is 40.4 Å². The normalized spacial score (nSPS) is 11.5. The lowest BCUT2D eigenvalue weighted by atomic mass is 10.1. The van der Waals surface area contributed by atoms with E-state index in [1.54, 1.807) is 0 Å². The Morgan fingerprint density at radius 3 is 2.73 bits per heavy atom. The number of guanidine groups is 1. The van der Waals surface area contributed by atoms with Gasteiger partial charge in [0.2, 0.25) is 0 Å². The smallest absolute Gasteiger partial charge is 0.193 e. The van der Waals surface area contributed by atoms with Gasteiger partial charge in [0.05, 0.1) is 12.4 Å². The van der Waals surface area contributed by atoms with Gasteiger partial charge >= 0.3 is 0 Å². The lowest BCUT2D eigenvalue weighted by Gasteiger charge is -2.22. The van der Waals surface area contributed by atoms with Crippen molar-refractivity contribution in [3.63, 3.8) is 0 Å². The van der Waals surface area contributed by atoms with Crippen LogP contribution in [-0.2, 0) is 13.6 Å². The summed E-state index contributed by atoms with van der Waals surface area (Å²) in [6, 6.07) is 0. The maximum Gasteiger partial charge on any atom is 0.193 e. The fourth-order valence-corrected chi connectivity index (χ4v) is 2.21. The van der Waals surface area contributed by atoms with Gasteiger partial charge in [0, 0.05) is 45.5 Å². The number of nitrogens with zero attached hydrogens (tertiary/aromatic N) is 4. The van der Waals surface area contributed by atoms with Gasteiger partial charge in [0.25, 0.3) is 0 Å². The second-order valence-corrected chi connectivity index (χ2v) is 5.50. The standard InChI is InChI=1S/C15H28FN5.HI/c1-6-17-15(18-9-7-8-16)20(4)10-13-11-21(5)19-14(13)12(2)3;/h11-12H,6-10H2,1-5H3,(H,17,18);1H. The average Bonchev–Trinajstić information content (AvgIpc) is 2.79. The Hall–Kier alpha value is -0.860. The van der Waals surface area contributed by atoms with E-state index in [1.807, 2.05) is 25.7 Å². The molecule has 1 aromatic rings. The highest BCUT2D eigenvalue weighted by Gasteiger charge is 2.14. The van der Waals surface area contributed by atoms with E-state index in [0.29, 0.717) is 18.9 Å². The van der Waals surface area contributed by atoms with Crippen LogP contribution in [0, 0.1) is 0 Å². The molecule has 0 radical (unpaired) electrons. The quantitative estimate of drug-likeness (QED) is 0.316. The van der Waals surface area contributed by atoms with E-state index in [4.69, 9.17) is 0 Å². The largest absolute Gasteiger partial charge is 0.357 e. The van der Waals surface area contributed by atoms with Crippen molar-refractivity contribution in [2.45, 2.75) is 39.7 Å². The Balaban J connectivity index is 0.00000441. The number of alkyl halides is 1. The molecule has 0 aliphatic carbocycles. The SMILES string of the molecule is CCNC(=NCCCF)N(C)Cc1cn(C)nc1C(C)C.I. The molecule has 0 unspecified atom stereocenters. The fourth-order valence-electron chi connectivity index (χ4n) is 2.21. The van der Waals surface area contributed by atoms with Gasteiger partial charge in [-0.1, -0.05) is 13.8 Å². The van der Waals surface area contributed by atoms with Crippen LogP contribution in [-0.4, -0.2) is 47.5 Å². The minimum Gasteiger partial charge on any atom is -0.357 e. The number of rotatable bonds is 7. The monoisotopic (exact) mass is 425 g/mol. The molecule has 0 fully saturated rings. The minimum absolute atomic E-state index is 0. The molecule has 1 rings (SSSR count). The van der Waals surface area contributed by atoms with Crippen molar-refractivity contribution in [1.29, 1.82) is 0 Å². The molecule has 0 amide bonds. The summed E-state index contributed by atoms with van der Waals surface area (Å²) in [4.78, 5) is 6.51. The molecule has 7 heteroatoms. The first-order valence-corrected chi connectivity index (χ1v) is 7.57. The van der Waals surface area contributed by atoms with E-state index < -0.39 is 0 Å². The molecule has 1 aromatic heterocycles. The van der Waals surface area contributed by atoms with Crippen molar-refractivity contribution in [1.82, 2.24) is 20.0 Å². The topological polar surface area (TPSA) is 45.5 Å². The Kier molecular flexibility index (Phi) is 10.4. The molecule has 0 spiro atoms. The molecule has 1 heterocycles. The average molecular weight is 425 g/mol. The summed E-state index contributed by atoms with van der Waals surface area (Å²) in [6.07, 6.45) is 2.52. The molecule has 0 saturated carbocycles. The molecular formula is C15H29FIN5. The van der Waals surface area contributed by atoms with Crippen LogP contribution in [0.5, 0.6) is 0 Å². The summed E-state index contributed by atoms with van der Waals surface area (Å²) in [5.74, 6) is 1.20. The Morgan fingerprint density at radius 2 is 2.18 bits per heavy atom. The number of hydrogen-bond donors (Lipinski definition) is 1. The molecule has 0 saturated heterocycles. The summed E-state index contributed by atoms with van der Waals surface area (Å²) in [5, 5.41) is 7.77. The van der Waals surface area contributed by atoms with Gasteiger partial charge in [0.1, 0.15) is 0 Å². The van der Waals surface area contributed by atoms with Crippen LogP contribution in [0.25, 0.3) is 0 Å². The summed E-state index contributed by atoms with van der Waals surface area (Å²) in [6.45, 7) is 8.03. The number of aromatic nitrogens is 2. The molecule has 1 N–H and O–H groups in total. The molecule has 0 atom stereocenters. The lowest BCUT2D eigenvalue weighted by Crippen LogP contribution is -2.38. The number of nitrogens with one attached hydrogen (secondary N) is 1. The van der Waals surface area contributed by atoms with Gasteiger partial charge in [0.15, 0.2) is 5.96 Å². The van der Waals surface area contributed by atoms with Gasteiger partial charge in [-0.2, -0.15) is 5.10 Å². The zero-order valence-corrected chi connectivity index (χ0v) is 16.6. The van der Waals surface area contributed by atoms with Crippen LogP contribution in [0.1, 0.15) is 44.4 Å². The third-order valence-corrected chi connectivity index (χ3v) is 3.14. The highest BCUT2D eigenvalue weighted by Crippen LogP contribution is 2.18. The van der Waals surface area contributed by atoms with Crippen molar-refractivity contribution >= 4 is 29.9 Å². The van der Waals surface area contributed by atoms with Gasteiger partial charge in [-0.15, -0.1) is 24.0 Å². The van der Waals surface area contributed by atoms with E-state index in [9.17, 15) is 4.39 Å². The first-order valence-electron chi connectivity index (χ1n) is 7.57. The maximum absolute atomic E-state index is 12.2. The maximum atomic E-state index is 12.2. The molecule has 0 aromatic carbocycles. The van der Waals surface area contributed by atoms with Gasteiger partial charge in [-0.3, -0.25) is 14.1 Å². The molecule has 0 aliphatic rings. The van der Waals surface area contributed by atoms with Crippen molar-refractivity contribution in [2.75, 3.05) is 26.8 Å². The number of aryl methyl sites for hydroxylation is 1. The van der Waals surface area contributed by atoms with Crippen LogP contribution < -0.4 is 5.32 Å². The predicted molar refractivity (Wildman–Crippen MR) is 101 cm³/mol. The second kappa shape index (κ2) is 10.8. The highest BCUT2D eigenvalue weighted by molar-refractivity contribution is 14.0. The van der Waals surface area contributed by atoms with Crippen molar-refractivity contribution in [3.8, 4) is 0 Å². The van der Waals surface area contributed by atoms with Crippen LogP contribution in [0.2, 0.25) is 0 Å². The van der Waals surface area contributed by atoms with Gasteiger partial charge in [-0.05, 0) is 19.3 Å². The summed E-state index contributed by atoms with van der Waals surface area (Å²) >= 11 is 0. The Labute approximate surface area is 150 Å². The minimum atomic E-state index is -0.327. The first-order chi connectivity index (χ1) is 9.99. The molecule has 128 valence electrons. The van der Waals surface area contributed by atoms with E-state index in [0.717, 1.165) is 24.7 Å². The van der Waals surface area contributed by atoms with E-state index in [-0.39, 0.29) is 30.7 Å². The van der Waals surface area contributed by atoms with E-state index in [1.165, 1.54) is 5.56 Å². The number of halogens is 2. The van der Waals surface area contributed by atoms with Crippen molar-refractivity contribution in [3.05, 3.63) is 17.5 Å². The van der Waals surface area contributed by atoms with Crippen LogP contribution in [0.3, 0.4) is 0 Å². The fraction of sp³-hybridized carbons (Fsp3) is 0.733. The van der Waals surface area contributed by atoms with Gasteiger partial charge in [-0.25, -0.2) is 0 Å². The van der Waals surface area contributed by atoms with Crippen molar-refractivity contribution < 1.29 is 4.39 Å². The Bertz CT molecular complexity index is 459. The Morgan fingerprint density at radius 1 is 1.50 bits per heavy atom. The van der Waals surface area contributed by atoms with E-state index >= 15 is 0 Å². The third kappa shape index (κ3) is 6.50. The molecule has 0 aliphatic heterocycles. The second-order valence-electron chi connectivity index (χ2n) is 5.50. The summed E-state index contributed by atoms with van der Waals surface area (Å²) in [5.41, 5.74) is 2.31. The van der Waals surface area contributed by atoms with Gasteiger partial charge < -0.3 is 10.2 Å². The highest BCUT2D eigenvalue weighted by atomic mass is 127. The van der Waals surface area contributed by atoms with Crippen LogP contribution in [0.4, 0.5) is 4.39 Å². The number of hydrogen-bond acceptors (Lipinski definition) is 2. The first kappa shape index (κ1) is 21.1. The van der Waals surface area contributed by atoms with Crippen LogP contribution >= 0.6 is 24.0 Å². The summed E-state index contributed by atoms with van der Waals surface area (Å²) < 4.78 is 14.1. The predicted octanol–water partition coefficient (Wildman–Crippen LogP) is 2.92. The van der Waals surface area contributed by atoms with Crippen molar-refractivity contribution in [2.24, 2.45) is 12.0 Å². The van der Waals surface area contributed by atoms with Crippen LogP contribution in [0.15, 0.2) is 11.2 Å². The molecule has 22 heavy (non-hydrogen) atoms. The zero-order chi connectivity index (χ0) is 15.8. The molecular weight excluding hydrogens is 396 g/mol. The molecule has 5 nitrogen and oxygen atoms in total. The molecule has 0 bridgehead atoms. The zero-order valence-electron chi connectivity index (χ0n) is 14.3. The third-order valence-electron chi connectivity index (χ3n) is 3.14. The lowest BCUT2D eigenvalue weighted by molar-refractivity contribution is 0.461.